The fraction of sp³-hybridized carbons (Fsp3) is 0.526. The number of aromatic amines is 1. The molecule has 0 spiro atoms. The van der Waals surface area contributed by atoms with Crippen molar-refractivity contribution in [2.45, 2.75) is 101 Å². The Morgan fingerprint density at radius 2 is 1.57 bits per heavy atom. The zero-order valence-corrected chi connectivity index (χ0v) is 30.0. The second-order valence-corrected chi connectivity index (χ2v) is 15.1. The minimum Gasteiger partial charge on any atom is -0.506 e. The normalized spacial score (nSPS) is 17.5. The number of hydrogen-bond donors (Lipinski definition) is 4. The quantitative estimate of drug-likeness (QED) is 0.0591. The third kappa shape index (κ3) is 9.80. The predicted octanol–water partition coefficient (Wildman–Crippen LogP) is 7.25. The molecule has 1 saturated carbocycles. The number of esters is 1. The molecule has 4 aromatic rings. The summed E-state index contributed by atoms with van der Waals surface area (Å²) in [6.07, 6.45) is 10.7. The second kappa shape index (κ2) is 18.3. The van der Waals surface area contributed by atoms with E-state index in [1.54, 1.807) is 24.3 Å². The number of phenols is 1. The van der Waals surface area contributed by atoms with E-state index in [4.69, 9.17) is 9.47 Å². The van der Waals surface area contributed by atoms with Gasteiger partial charge in [0, 0.05) is 37.3 Å². The molecule has 1 aliphatic rings. The minimum atomic E-state index is -1.75. The van der Waals surface area contributed by atoms with Crippen LogP contribution in [0.15, 0.2) is 64.1 Å². The SMILES string of the molecule is CN(CCCOCCCCCCCC[C@H](O)c1ccc(O)c2[nH]c(=O)ccc12)C1CCC(OC(=O)C(O)(c2cccs2)c2cccs2)CC1. The molecule has 11 heteroatoms. The number of nitrogens with zero attached hydrogens (tertiary/aromatic N) is 1. The fourth-order valence-corrected chi connectivity index (χ4v) is 8.50. The number of benzene rings is 1. The monoisotopic (exact) mass is 710 g/mol. The minimum absolute atomic E-state index is 0.00676. The lowest BCUT2D eigenvalue weighted by atomic mass is 9.91. The van der Waals surface area contributed by atoms with Crippen molar-refractivity contribution < 1.29 is 29.6 Å². The Morgan fingerprint density at radius 1 is 0.918 bits per heavy atom. The molecule has 1 aliphatic carbocycles. The third-order valence-electron chi connectivity index (χ3n) is 9.67. The number of fused-ring (bicyclic) bond motifs is 1. The number of aromatic hydroxyl groups is 1. The van der Waals surface area contributed by atoms with Crippen molar-refractivity contribution in [3.63, 3.8) is 0 Å². The fourth-order valence-electron chi connectivity index (χ4n) is 6.79. The van der Waals surface area contributed by atoms with Gasteiger partial charge in [-0.25, -0.2) is 4.79 Å². The summed E-state index contributed by atoms with van der Waals surface area (Å²) in [6, 6.07) is 14.0. The van der Waals surface area contributed by atoms with Gasteiger partial charge in [-0.05, 0) is 92.6 Å². The van der Waals surface area contributed by atoms with Crippen LogP contribution in [0.3, 0.4) is 0 Å². The maximum atomic E-state index is 13.3. The molecule has 3 aromatic heterocycles. The largest absolute Gasteiger partial charge is 0.506 e. The summed E-state index contributed by atoms with van der Waals surface area (Å²) < 4.78 is 11.8. The number of hydrogen-bond acceptors (Lipinski definition) is 10. The highest BCUT2D eigenvalue weighted by molar-refractivity contribution is 7.12. The first-order valence-electron chi connectivity index (χ1n) is 17.6. The van der Waals surface area contributed by atoms with Crippen molar-refractivity contribution >= 4 is 39.5 Å². The lowest BCUT2D eigenvalue weighted by Gasteiger charge is -2.35. The van der Waals surface area contributed by atoms with E-state index in [1.807, 2.05) is 22.9 Å². The Kier molecular flexibility index (Phi) is 13.9. The third-order valence-corrected chi connectivity index (χ3v) is 11.6. The molecule has 0 unspecified atom stereocenters. The molecule has 4 N–H and O–H groups in total. The number of carbonyl (C=O) groups is 1. The molecule has 49 heavy (non-hydrogen) atoms. The van der Waals surface area contributed by atoms with E-state index in [1.165, 1.54) is 34.8 Å². The molecule has 9 nitrogen and oxygen atoms in total. The van der Waals surface area contributed by atoms with Crippen molar-refractivity contribution in [2.75, 3.05) is 26.8 Å². The van der Waals surface area contributed by atoms with Gasteiger partial charge >= 0.3 is 5.97 Å². The number of aliphatic hydroxyl groups is 2. The number of aliphatic hydroxyl groups excluding tert-OH is 1. The van der Waals surface area contributed by atoms with Gasteiger partial charge < -0.3 is 34.7 Å². The molecule has 0 bridgehead atoms. The highest BCUT2D eigenvalue weighted by Gasteiger charge is 2.45. The van der Waals surface area contributed by atoms with Crippen LogP contribution in [0.4, 0.5) is 0 Å². The molecule has 0 radical (unpaired) electrons. The van der Waals surface area contributed by atoms with E-state index in [-0.39, 0.29) is 17.4 Å². The molecule has 5 rings (SSSR count). The number of phenolic OH excluding ortho intramolecular Hbond substituents is 1. The maximum Gasteiger partial charge on any atom is 0.349 e. The van der Waals surface area contributed by atoms with E-state index >= 15 is 0 Å². The number of unbranched alkanes of at least 4 members (excludes halogenated alkanes) is 5. The van der Waals surface area contributed by atoms with E-state index < -0.39 is 17.7 Å². The smallest absolute Gasteiger partial charge is 0.349 e. The first-order valence-corrected chi connectivity index (χ1v) is 19.4. The van der Waals surface area contributed by atoms with Crippen molar-refractivity contribution in [1.29, 1.82) is 0 Å². The number of pyridine rings is 1. The molecule has 3 heterocycles. The van der Waals surface area contributed by atoms with Crippen LogP contribution in [0.2, 0.25) is 0 Å². The van der Waals surface area contributed by atoms with Crippen LogP contribution in [0.5, 0.6) is 5.75 Å². The van der Waals surface area contributed by atoms with E-state index in [0.717, 1.165) is 96.0 Å². The summed E-state index contributed by atoms with van der Waals surface area (Å²) in [5.74, 6) is -0.574. The Hall–Kier alpha value is -3.06. The molecule has 0 amide bonds. The molecule has 1 atom stereocenters. The number of ether oxygens (including phenoxy) is 2. The summed E-state index contributed by atoms with van der Waals surface area (Å²) in [5, 5.41) is 36.7. The average molecular weight is 711 g/mol. The summed E-state index contributed by atoms with van der Waals surface area (Å²) in [7, 11) is 2.16. The summed E-state index contributed by atoms with van der Waals surface area (Å²) >= 11 is 2.72. The zero-order valence-electron chi connectivity index (χ0n) is 28.4. The Morgan fingerprint density at radius 3 is 2.24 bits per heavy atom. The van der Waals surface area contributed by atoms with E-state index in [2.05, 4.69) is 16.9 Å². The Balaban J connectivity index is 0.882. The van der Waals surface area contributed by atoms with Crippen LogP contribution in [0.25, 0.3) is 10.9 Å². The van der Waals surface area contributed by atoms with Crippen LogP contribution in [-0.4, -0.2) is 70.1 Å². The second-order valence-electron chi connectivity index (χ2n) is 13.2. The lowest BCUT2D eigenvalue weighted by molar-refractivity contribution is -0.169. The average Bonchev–Trinajstić information content (AvgIpc) is 3.85. The zero-order chi connectivity index (χ0) is 34.6. The lowest BCUT2D eigenvalue weighted by Crippen LogP contribution is -2.42. The molecule has 1 aromatic carbocycles. The van der Waals surface area contributed by atoms with Gasteiger partial charge in [0.15, 0.2) is 0 Å². The first kappa shape index (κ1) is 37.2. The molecular weight excluding hydrogens is 661 g/mol. The van der Waals surface area contributed by atoms with Crippen molar-refractivity contribution in [3.8, 4) is 5.75 Å². The molecule has 0 aliphatic heterocycles. The van der Waals surface area contributed by atoms with Gasteiger partial charge in [0.2, 0.25) is 11.2 Å². The topological polar surface area (TPSA) is 132 Å². The number of nitrogens with one attached hydrogen (secondary N) is 1. The van der Waals surface area contributed by atoms with Gasteiger partial charge in [-0.3, -0.25) is 4.79 Å². The maximum absolute atomic E-state index is 13.3. The van der Waals surface area contributed by atoms with E-state index in [0.29, 0.717) is 33.1 Å². The molecular formula is C38H50N2O7S2. The van der Waals surface area contributed by atoms with Gasteiger partial charge in [0.1, 0.15) is 11.9 Å². The summed E-state index contributed by atoms with van der Waals surface area (Å²) in [4.78, 5) is 31.1. The van der Waals surface area contributed by atoms with Crippen molar-refractivity contribution in [3.05, 3.63) is 85.0 Å². The Labute approximate surface area is 296 Å². The van der Waals surface area contributed by atoms with Crippen LogP contribution in [0, 0.1) is 0 Å². The highest BCUT2D eigenvalue weighted by Crippen LogP contribution is 2.38. The van der Waals surface area contributed by atoms with Crippen molar-refractivity contribution in [1.82, 2.24) is 9.88 Å². The molecule has 0 saturated heterocycles. The van der Waals surface area contributed by atoms with Gasteiger partial charge in [0.25, 0.3) is 0 Å². The Bertz CT molecular complexity index is 1600. The van der Waals surface area contributed by atoms with Gasteiger partial charge in [0.05, 0.1) is 21.4 Å². The number of H-pyrrole nitrogens is 1. The number of aromatic nitrogens is 1. The highest BCUT2D eigenvalue weighted by atomic mass is 32.1. The van der Waals surface area contributed by atoms with Gasteiger partial charge in [-0.15, -0.1) is 22.7 Å². The number of rotatable bonds is 19. The molecule has 1 fully saturated rings. The van der Waals surface area contributed by atoms with Crippen LogP contribution >= 0.6 is 22.7 Å². The van der Waals surface area contributed by atoms with Crippen LogP contribution in [0.1, 0.15) is 98.5 Å². The summed E-state index contributed by atoms with van der Waals surface area (Å²) in [6.45, 7) is 2.49. The molecule has 266 valence electrons. The van der Waals surface area contributed by atoms with Gasteiger partial charge in [-0.1, -0.05) is 50.3 Å². The van der Waals surface area contributed by atoms with E-state index in [9.17, 15) is 24.9 Å². The van der Waals surface area contributed by atoms with Crippen LogP contribution in [-0.2, 0) is 19.9 Å². The van der Waals surface area contributed by atoms with Gasteiger partial charge in [-0.2, -0.15) is 0 Å². The number of thiophene rings is 2. The van der Waals surface area contributed by atoms with Crippen LogP contribution < -0.4 is 5.56 Å². The first-order chi connectivity index (χ1) is 23.8. The standard InChI is InChI=1S/C38H50N2O7S2/c1-40(27-14-16-28(17-15-27)47-37(44)38(45,33-12-8-25-48-33)34-13-9-26-49-34)22-10-24-46-23-7-5-3-2-4-6-11-31(41)29-18-20-32(42)36-30(29)19-21-35(43)39-36/h8-9,12-13,18-21,25-28,31,41-42,45H,2-7,10-11,14-17,22-24H2,1H3,(H,39,43)/t27?,28?,31-/m0/s1. The number of carbonyl (C=O) groups excluding carboxylic acids is 1. The predicted molar refractivity (Wildman–Crippen MR) is 195 cm³/mol. The summed E-state index contributed by atoms with van der Waals surface area (Å²) in [5.41, 5.74) is -0.934. The van der Waals surface area contributed by atoms with Crippen molar-refractivity contribution in [2.24, 2.45) is 0 Å².